The van der Waals surface area contributed by atoms with Crippen LogP contribution in [0.25, 0.3) is 0 Å². The first kappa shape index (κ1) is 15.2. The van der Waals surface area contributed by atoms with Crippen LogP contribution in [0, 0.1) is 5.92 Å². The zero-order chi connectivity index (χ0) is 14.5. The zero-order valence-corrected chi connectivity index (χ0v) is 12.8. The van der Waals surface area contributed by atoms with E-state index in [4.69, 9.17) is 0 Å². The Balaban J connectivity index is 1.93. The largest absolute Gasteiger partial charge is 0.393 e. The average Bonchev–Trinajstić information content (AvgIpc) is 2.89. The lowest BCUT2D eigenvalue weighted by molar-refractivity contribution is 0.130. The fourth-order valence-corrected chi connectivity index (χ4v) is 3.12. The number of aliphatic hydroxyl groups excluding tert-OH is 1. The third-order valence-electron chi connectivity index (χ3n) is 3.59. The van der Waals surface area contributed by atoms with E-state index in [1.54, 1.807) is 23.6 Å². The van der Waals surface area contributed by atoms with Gasteiger partial charge in [-0.1, -0.05) is 13.0 Å². The second-order valence-corrected chi connectivity index (χ2v) is 6.46. The van der Waals surface area contributed by atoms with Crippen LogP contribution in [0.3, 0.4) is 0 Å². The molecule has 1 saturated heterocycles. The highest BCUT2D eigenvalue weighted by Gasteiger charge is 2.28. The van der Waals surface area contributed by atoms with Gasteiger partial charge in [-0.15, -0.1) is 11.8 Å². The molecule has 0 aromatic heterocycles. The summed E-state index contributed by atoms with van der Waals surface area (Å²) in [6.45, 7) is 5.24. The molecule has 5 heteroatoms. The Morgan fingerprint density at radius 3 is 3.05 bits per heavy atom. The summed E-state index contributed by atoms with van der Waals surface area (Å²) in [6, 6.07) is 7.82. The zero-order valence-electron chi connectivity index (χ0n) is 12.0. The number of hydrogen-bond donors (Lipinski definition) is 2. The predicted octanol–water partition coefficient (Wildman–Crippen LogP) is 3.03. The quantitative estimate of drug-likeness (QED) is 0.839. The minimum Gasteiger partial charge on any atom is -0.393 e. The van der Waals surface area contributed by atoms with Crippen LogP contribution >= 0.6 is 11.8 Å². The molecule has 20 heavy (non-hydrogen) atoms. The van der Waals surface area contributed by atoms with E-state index in [9.17, 15) is 9.90 Å². The molecular weight excluding hydrogens is 272 g/mol. The molecule has 4 nitrogen and oxygen atoms in total. The van der Waals surface area contributed by atoms with Crippen molar-refractivity contribution < 1.29 is 9.90 Å². The van der Waals surface area contributed by atoms with Crippen LogP contribution in [-0.4, -0.2) is 41.0 Å². The summed E-state index contributed by atoms with van der Waals surface area (Å²) in [6.07, 6.45) is 0.522. The molecule has 2 atom stereocenters. The van der Waals surface area contributed by atoms with E-state index in [-0.39, 0.29) is 18.1 Å². The predicted molar refractivity (Wildman–Crippen MR) is 83.2 cm³/mol. The first-order chi connectivity index (χ1) is 9.60. The Hall–Kier alpha value is -1.20. The number of nitrogens with one attached hydrogen (secondary N) is 1. The molecule has 1 heterocycles. The van der Waals surface area contributed by atoms with Gasteiger partial charge >= 0.3 is 6.03 Å². The molecule has 0 aliphatic carbocycles. The van der Waals surface area contributed by atoms with Crippen molar-refractivity contribution >= 4 is 23.5 Å². The summed E-state index contributed by atoms with van der Waals surface area (Å²) >= 11 is 1.76. The number of hydrogen-bond acceptors (Lipinski definition) is 3. The van der Waals surface area contributed by atoms with Gasteiger partial charge in [-0.05, 0) is 37.3 Å². The second-order valence-electron chi connectivity index (χ2n) is 5.13. The smallest absolute Gasteiger partial charge is 0.321 e. The molecule has 1 aromatic rings. The fourth-order valence-electron chi connectivity index (χ4n) is 2.40. The molecule has 1 aliphatic rings. The molecule has 0 saturated carbocycles. The maximum absolute atomic E-state index is 12.2. The van der Waals surface area contributed by atoms with Gasteiger partial charge in [0.25, 0.3) is 0 Å². The van der Waals surface area contributed by atoms with Crippen molar-refractivity contribution in [3.8, 4) is 0 Å². The van der Waals surface area contributed by atoms with Gasteiger partial charge in [0.2, 0.25) is 0 Å². The molecule has 2 rings (SSSR count). The Morgan fingerprint density at radius 1 is 1.60 bits per heavy atom. The first-order valence-corrected chi connectivity index (χ1v) is 8.05. The number of aliphatic hydroxyl groups is 1. The van der Waals surface area contributed by atoms with Crippen LogP contribution in [0.4, 0.5) is 10.5 Å². The molecule has 0 bridgehead atoms. The van der Waals surface area contributed by atoms with Gasteiger partial charge in [0.1, 0.15) is 0 Å². The van der Waals surface area contributed by atoms with E-state index in [0.29, 0.717) is 13.1 Å². The molecule has 0 spiro atoms. The van der Waals surface area contributed by atoms with Crippen molar-refractivity contribution in [1.29, 1.82) is 0 Å². The van der Waals surface area contributed by atoms with Gasteiger partial charge in [-0.2, -0.15) is 0 Å². The van der Waals surface area contributed by atoms with Crippen LogP contribution in [0.15, 0.2) is 29.2 Å². The summed E-state index contributed by atoms with van der Waals surface area (Å²) < 4.78 is 0. The molecule has 2 amide bonds. The van der Waals surface area contributed by atoms with Crippen LogP contribution in [0.2, 0.25) is 0 Å². The van der Waals surface area contributed by atoms with Gasteiger partial charge in [0.05, 0.1) is 6.10 Å². The molecule has 2 N–H and O–H groups in total. The van der Waals surface area contributed by atoms with Gasteiger partial charge in [0.15, 0.2) is 0 Å². The molecule has 1 aliphatic heterocycles. The van der Waals surface area contributed by atoms with E-state index in [2.05, 4.69) is 12.2 Å². The van der Waals surface area contributed by atoms with E-state index in [1.807, 2.05) is 24.3 Å². The van der Waals surface area contributed by atoms with Crippen molar-refractivity contribution in [2.24, 2.45) is 5.92 Å². The molecule has 110 valence electrons. The highest BCUT2D eigenvalue weighted by Crippen LogP contribution is 2.23. The van der Waals surface area contributed by atoms with Crippen molar-refractivity contribution in [2.45, 2.75) is 31.3 Å². The number of carbonyl (C=O) groups is 1. The highest BCUT2D eigenvalue weighted by molar-refractivity contribution is 7.99. The summed E-state index contributed by atoms with van der Waals surface area (Å²) in [7, 11) is 0. The first-order valence-electron chi connectivity index (χ1n) is 7.07. The van der Waals surface area contributed by atoms with Crippen LogP contribution in [0.5, 0.6) is 0 Å². The fraction of sp³-hybridized carbons (Fsp3) is 0.533. The monoisotopic (exact) mass is 294 g/mol. The lowest BCUT2D eigenvalue weighted by Crippen LogP contribution is -2.34. The Morgan fingerprint density at radius 2 is 2.40 bits per heavy atom. The number of nitrogens with zero attached hydrogens (tertiary/aromatic N) is 1. The number of likely N-dealkylation sites (tertiary alicyclic amines) is 1. The summed E-state index contributed by atoms with van der Waals surface area (Å²) in [5.74, 6) is 1.21. The van der Waals surface area contributed by atoms with Crippen molar-refractivity contribution in [3.63, 3.8) is 0 Å². The molecular formula is C15H22N2O2S. The van der Waals surface area contributed by atoms with E-state index < -0.39 is 0 Å². The SMILES string of the molecule is CCSc1cccc(NC(=O)N2CCC(C(C)O)C2)c1. The summed E-state index contributed by atoms with van der Waals surface area (Å²) in [5.41, 5.74) is 0.828. The van der Waals surface area contributed by atoms with Crippen LogP contribution in [-0.2, 0) is 0 Å². The number of rotatable bonds is 4. The van der Waals surface area contributed by atoms with Crippen LogP contribution in [0.1, 0.15) is 20.3 Å². The number of amides is 2. The summed E-state index contributed by atoms with van der Waals surface area (Å²) in [5, 5.41) is 12.5. The van der Waals surface area contributed by atoms with Gasteiger partial charge in [-0.3, -0.25) is 0 Å². The highest BCUT2D eigenvalue weighted by atomic mass is 32.2. The minimum atomic E-state index is -0.350. The molecule has 2 unspecified atom stereocenters. The number of carbonyl (C=O) groups excluding carboxylic acids is 1. The van der Waals surface area contributed by atoms with Crippen molar-refractivity contribution in [2.75, 3.05) is 24.2 Å². The molecule has 1 aromatic carbocycles. The number of urea groups is 1. The van der Waals surface area contributed by atoms with E-state index in [0.717, 1.165) is 22.8 Å². The number of benzene rings is 1. The third-order valence-corrected chi connectivity index (χ3v) is 4.47. The van der Waals surface area contributed by atoms with Crippen molar-refractivity contribution in [3.05, 3.63) is 24.3 Å². The Kier molecular flexibility index (Phi) is 5.31. The molecule has 0 radical (unpaired) electrons. The Labute approximate surface area is 124 Å². The maximum atomic E-state index is 12.2. The minimum absolute atomic E-state index is 0.0770. The normalized spacial score (nSPS) is 19.9. The maximum Gasteiger partial charge on any atom is 0.321 e. The number of anilines is 1. The topological polar surface area (TPSA) is 52.6 Å². The average molecular weight is 294 g/mol. The standard InChI is InChI=1S/C15H22N2O2S/c1-3-20-14-6-4-5-13(9-14)16-15(19)17-8-7-12(10-17)11(2)18/h4-6,9,11-12,18H,3,7-8,10H2,1-2H3,(H,16,19). The summed E-state index contributed by atoms with van der Waals surface area (Å²) in [4.78, 5) is 15.1. The third kappa shape index (κ3) is 3.90. The second kappa shape index (κ2) is 6.99. The van der Waals surface area contributed by atoms with Crippen molar-refractivity contribution in [1.82, 2.24) is 4.90 Å². The van der Waals surface area contributed by atoms with Crippen LogP contribution < -0.4 is 5.32 Å². The lowest BCUT2D eigenvalue weighted by Gasteiger charge is -2.18. The molecule has 1 fully saturated rings. The lowest BCUT2D eigenvalue weighted by atomic mass is 10.0. The number of thioether (sulfide) groups is 1. The van der Waals surface area contributed by atoms with E-state index >= 15 is 0 Å². The Bertz CT molecular complexity index is 465. The van der Waals surface area contributed by atoms with E-state index in [1.165, 1.54) is 0 Å². The van der Waals surface area contributed by atoms with Gasteiger partial charge < -0.3 is 15.3 Å². The van der Waals surface area contributed by atoms with Gasteiger partial charge in [-0.25, -0.2) is 4.79 Å². The van der Waals surface area contributed by atoms with Gasteiger partial charge in [0, 0.05) is 29.6 Å².